The Labute approximate surface area is 165 Å². The third-order valence-electron chi connectivity index (χ3n) is 4.74. The molecule has 1 aromatic rings. The van der Waals surface area contributed by atoms with Crippen LogP contribution in [0.3, 0.4) is 0 Å². The summed E-state index contributed by atoms with van der Waals surface area (Å²) in [5.41, 5.74) is 0.373. The summed E-state index contributed by atoms with van der Waals surface area (Å²) in [5.74, 6) is -0.788. The molecule has 1 atom stereocenters. The number of pyridine rings is 1. The second-order valence-corrected chi connectivity index (χ2v) is 8.26. The molecule has 0 radical (unpaired) electrons. The number of ether oxygens (including phenoxy) is 1. The third kappa shape index (κ3) is 4.68. The number of hydrogen-bond donors (Lipinski definition) is 2. The molecule has 1 aliphatic carbocycles. The normalized spacial score (nSPS) is 17.0. The summed E-state index contributed by atoms with van der Waals surface area (Å²) in [5, 5.41) is 17.8. The molecule has 28 heavy (non-hydrogen) atoms. The fourth-order valence-corrected chi connectivity index (χ4v) is 2.77. The highest BCUT2D eigenvalue weighted by molar-refractivity contribution is 6.14. The summed E-state index contributed by atoms with van der Waals surface area (Å²) in [7, 11) is 0. The van der Waals surface area contributed by atoms with E-state index in [-0.39, 0.29) is 28.8 Å². The zero-order chi connectivity index (χ0) is 21.2. The van der Waals surface area contributed by atoms with Crippen LogP contribution < -0.4 is 5.43 Å². The standard InChI is InChI=1S/C22H28N2O4/c1-13(2)28-19-9-7-8-15(20(19)23)10-16-11-18(25)17(21(26)27)12-24(16)14(3)22(4,5)6/h7-14,23H,1-6H3,(H,26,27)/b15-10+,23-20?. The van der Waals surface area contributed by atoms with Crippen LogP contribution in [0, 0.1) is 10.8 Å². The zero-order valence-electron chi connectivity index (χ0n) is 17.2. The Hall–Kier alpha value is -2.89. The largest absolute Gasteiger partial charge is 0.489 e. The van der Waals surface area contributed by atoms with Crippen molar-refractivity contribution in [3.8, 4) is 0 Å². The molecule has 1 unspecified atom stereocenters. The molecule has 1 aliphatic rings. The molecular formula is C22H28N2O4. The summed E-state index contributed by atoms with van der Waals surface area (Å²) in [6.45, 7) is 11.9. The smallest absolute Gasteiger partial charge is 0.341 e. The Bertz CT molecular complexity index is 940. The van der Waals surface area contributed by atoms with Gasteiger partial charge in [0.15, 0.2) is 5.43 Å². The molecule has 0 amide bonds. The van der Waals surface area contributed by atoms with Crippen LogP contribution in [-0.2, 0) is 4.74 Å². The van der Waals surface area contributed by atoms with E-state index in [1.54, 1.807) is 28.9 Å². The van der Waals surface area contributed by atoms with Crippen molar-refractivity contribution >= 4 is 17.8 Å². The molecule has 0 bridgehead atoms. The molecule has 1 heterocycles. The lowest BCUT2D eigenvalue weighted by molar-refractivity contribution is 0.0693. The predicted octanol–water partition coefficient (Wildman–Crippen LogP) is 4.44. The number of carbonyl (C=O) groups is 1. The summed E-state index contributed by atoms with van der Waals surface area (Å²) < 4.78 is 7.47. The van der Waals surface area contributed by atoms with Crippen LogP contribution >= 0.6 is 0 Å². The molecule has 2 N–H and O–H groups in total. The molecule has 1 aromatic heterocycles. The van der Waals surface area contributed by atoms with Gasteiger partial charge in [0.05, 0.1) is 6.10 Å². The summed E-state index contributed by atoms with van der Waals surface area (Å²) in [6.07, 6.45) is 8.36. The lowest BCUT2D eigenvalue weighted by Crippen LogP contribution is -2.27. The van der Waals surface area contributed by atoms with E-state index in [1.165, 1.54) is 12.3 Å². The Morgan fingerprint density at radius 2 is 1.93 bits per heavy atom. The van der Waals surface area contributed by atoms with Gasteiger partial charge in [0.25, 0.3) is 0 Å². The monoisotopic (exact) mass is 384 g/mol. The van der Waals surface area contributed by atoms with E-state index in [2.05, 4.69) is 0 Å². The van der Waals surface area contributed by atoms with Crippen LogP contribution in [0.5, 0.6) is 0 Å². The van der Waals surface area contributed by atoms with Crippen LogP contribution in [0.25, 0.3) is 6.08 Å². The first-order valence-electron chi connectivity index (χ1n) is 9.27. The fraction of sp³-hybridized carbons (Fsp3) is 0.409. The molecule has 0 fully saturated rings. The van der Waals surface area contributed by atoms with Crippen LogP contribution in [0.2, 0.25) is 0 Å². The highest BCUT2D eigenvalue weighted by Gasteiger charge is 2.25. The second kappa shape index (κ2) is 8.00. The minimum absolute atomic E-state index is 0.0618. The van der Waals surface area contributed by atoms with Gasteiger partial charge >= 0.3 is 5.97 Å². The van der Waals surface area contributed by atoms with E-state index in [0.29, 0.717) is 17.0 Å². The van der Waals surface area contributed by atoms with Crippen LogP contribution in [-0.4, -0.2) is 27.5 Å². The van der Waals surface area contributed by atoms with E-state index < -0.39 is 11.4 Å². The van der Waals surface area contributed by atoms with E-state index in [0.717, 1.165) is 0 Å². The first kappa shape index (κ1) is 21.4. The molecule has 150 valence electrons. The van der Waals surface area contributed by atoms with Crippen LogP contribution in [0.15, 0.2) is 46.6 Å². The maximum Gasteiger partial charge on any atom is 0.341 e. The molecule has 0 saturated carbocycles. The maximum absolute atomic E-state index is 12.3. The Morgan fingerprint density at radius 1 is 1.29 bits per heavy atom. The van der Waals surface area contributed by atoms with E-state index >= 15 is 0 Å². The second-order valence-electron chi connectivity index (χ2n) is 8.26. The summed E-state index contributed by atoms with van der Waals surface area (Å²) in [4.78, 5) is 23.8. The van der Waals surface area contributed by atoms with Gasteiger partial charge in [-0.1, -0.05) is 32.9 Å². The lowest BCUT2D eigenvalue weighted by Gasteiger charge is -2.31. The Morgan fingerprint density at radius 3 is 2.46 bits per heavy atom. The molecule has 2 rings (SSSR count). The quantitative estimate of drug-likeness (QED) is 0.785. The van der Waals surface area contributed by atoms with E-state index in [4.69, 9.17) is 10.1 Å². The topological polar surface area (TPSA) is 92.4 Å². The van der Waals surface area contributed by atoms with Gasteiger partial charge in [0.2, 0.25) is 0 Å². The molecule has 0 aromatic carbocycles. The van der Waals surface area contributed by atoms with Crippen molar-refractivity contribution in [1.82, 2.24) is 4.57 Å². The number of allylic oxidation sites excluding steroid dienone is 4. The van der Waals surface area contributed by atoms with E-state index in [1.807, 2.05) is 41.5 Å². The number of hydrogen-bond acceptors (Lipinski definition) is 4. The number of aromatic nitrogens is 1. The Balaban J connectivity index is 2.60. The average molecular weight is 384 g/mol. The van der Waals surface area contributed by atoms with Crippen molar-refractivity contribution in [2.75, 3.05) is 0 Å². The van der Waals surface area contributed by atoms with Gasteiger partial charge in [-0.2, -0.15) is 0 Å². The number of carboxylic acid groups (broad SMARTS) is 1. The first-order valence-corrected chi connectivity index (χ1v) is 9.27. The number of rotatable bonds is 5. The van der Waals surface area contributed by atoms with Gasteiger partial charge in [0.1, 0.15) is 17.0 Å². The minimum atomic E-state index is -1.25. The molecule has 0 aliphatic heterocycles. The molecule has 6 nitrogen and oxygen atoms in total. The number of nitrogens with zero attached hydrogens (tertiary/aromatic N) is 1. The fourth-order valence-electron chi connectivity index (χ4n) is 2.77. The van der Waals surface area contributed by atoms with Crippen LogP contribution in [0.1, 0.15) is 63.6 Å². The minimum Gasteiger partial charge on any atom is -0.489 e. The van der Waals surface area contributed by atoms with Gasteiger partial charge < -0.3 is 14.4 Å². The SMILES string of the molecule is CC(C)OC1=CC=C/C(=C\c2cc(=O)c(C(=O)O)cn2C(C)C(C)(C)C)C1=N. The van der Waals surface area contributed by atoms with Crippen molar-refractivity contribution in [3.63, 3.8) is 0 Å². The number of carboxylic acids is 1. The van der Waals surface area contributed by atoms with Gasteiger partial charge in [-0.25, -0.2) is 4.79 Å². The third-order valence-corrected chi connectivity index (χ3v) is 4.74. The summed E-state index contributed by atoms with van der Waals surface area (Å²) >= 11 is 0. The van der Waals surface area contributed by atoms with Gasteiger partial charge in [-0.05, 0) is 38.3 Å². The lowest BCUT2D eigenvalue weighted by atomic mass is 9.87. The van der Waals surface area contributed by atoms with E-state index in [9.17, 15) is 14.7 Å². The molecule has 0 spiro atoms. The van der Waals surface area contributed by atoms with Crippen LogP contribution in [0.4, 0.5) is 0 Å². The summed E-state index contributed by atoms with van der Waals surface area (Å²) in [6, 6.07) is 1.24. The molecule has 6 heteroatoms. The van der Waals surface area contributed by atoms with Crippen molar-refractivity contribution in [1.29, 1.82) is 5.41 Å². The van der Waals surface area contributed by atoms with Gasteiger partial charge in [-0.3, -0.25) is 10.2 Å². The average Bonchev–Trinajstić information content (AvgIpc) is 2.56. The highest BCUT2D eigenvalue weighted by atomic mass is 16.5. The molecular weight excluding hydrogens is 356 g/mol. The van der Waals surface area contributed by atoms with Gasteiger partial charge in [-0.15, -0.1) is 0 Å². The Kier molecular flexibility index (Phi) is 6.12. The van der Waals surface area contributed by atoms with Crippen molar-refractivity contribution in [3.05, 3.63) is 63.3 Å². The number of nitrogens with one attached hydrogen (secondary N) is 1. The number of aromatic carboxylic acids is 1. The van der Waals surface area contributed by atoms with Crippen molar-refractivity contribution in [2.45, 2.75) is 53.7 Å². The molecule has 0 saturated heterocycles. The predicted molar refractivity (Wildman–Crippen MR) is 111 cm³/mol. The maximum atomic E-state index is 12.3. The highest BCUT2D eigenvalue weighted by Crippen LogP contribution is 2.31. The van der Waals surface area contributed by atoms with Crippen molar-refractivity contribution in [2.24, 2.45) is 5.41 Å². The first-order chi connectivity index (χ1) is 12.9. The van der Waals surface area contributed by atoms with Gasteiger partial charge in [0, 0.05) is 29.6 Å². The van der Waals surface area contributed by atoms with Crippen molar-refractivity contribution < 1.29 is 14.6 Å². The zero-order valence-corrected chi connectivity index (χ0v) is 17.2.